The van der Waals surface area contributed by atoms with Gasteiger partial charge in [0.15, 0.2) is 6.79 Å². The van der Waals surface area contributed by atoms with Gasteiger partial charge in [0.25, 0.3) is 0 Å². The molecule has 0 aromatic carbocycles. The molecular weight excluding hydrogens is 138 g/mol. The van der Waals surface area contributed by atoms with E-state index < -0.39 is 17.4 Å². The fraction of sp³-hybridized carbons (Fsp3) is 1.00. The van der Waals surface area contributed by atoms with Crippen LogP contribution in [0.15, 0.2) is 0 Å². The fourth-order valence-corrected chi connectivity index (χ4v) is 0.341. The molecule has 4 nitrogen and oxygen atoms in total. The zero-order valence-corrected chi connectivity index (χ0v) is 5.02. The zero-order chi connectivity index (χ0) is 5.54. The highest BCUT2D eigenvalue weighted by Crippen LogP contribution is 1.98. The summed E-state index contributed by atoms with van der Waals surface area (Å²) in [5, 5.41) is 0. The Labute approximate surface area is 43.4 Å². The van der Waals surface area contributed by atoms with Gasteiger partial charge in [0.1, 0.15) is 0 Å². The minimum Gasteiger partial charge on any atom is -0.265 e. The molecule has 0 bridgehead atoms. The van der Waals surface area contributed by atoms with E-state index in [-0.39, 0.29) is 6.79 Å². The van der Waals surface area contributed by atoms with Crippen molar-refractivity contribution >= 4 is 17.4 Å². The molecule has 0 aromatic rings. The standard InChI is InChI=1S/CH2O4P2/c2-6-4-1-5-7-3/h1H2. The summed E-state index contributed by atoms with van der Waals surface area (Å²) in [6, 6.07) is 0. The maximum absolute atomic E-state index is 9.37. The maximum Gasteiger partial charge on any atom is 0.329 e. The molecule has 0 aliphatic rings. The average molecular weight is 140 g/mol. The monoisotopic (exact) mass is 140 g/mol. The van der Waals surface area contributed by atoms with Crippen LogP contribution in [0.4, 0.5) is 0 Å². The first-order valence-corrected chi connectivity index (χ1v) is 2.77. The average Bonchev–Trinajstić information content (AvgIpc) is 1.69. The summed E-state index contributed by atoms with van der Waals surface area (Å²) >= 11 is 0. The van der Waals surface area contributed by atoms with E-state index in [1.54, 1.807) is 0 Å². The van der Waals surface area contributed by atoms with Gasteiger partial charge in [0.2, 0.25) is 0 Å². The van der Waals surface area contributed by atoms with Crippen molar-refractivity contribution in [2.24, 2.45) is 0 Å². The molecule has 0 unspecified atom stereocenters. The van der Waals surface area contributed by atoms with Gasteiger partial charge in [0, 0.05) is 0 Å². The van der Waals surface area contributed by atoms with Crippen molar-refractivity contribution in [1.29, 1.82) is 0 Å². The summed E-state index contributed by atoms with van der Waals surface area (Å²) in [7, 11) is -0.927. The van der Waals surface area contributed by atoms with Gasteiger partial charge in [-0.3, -0.25) is 9.05 Å². The molecule has 0 aliphatic heterocycles. The molecule has 0 N–H and O–H groups in total. The molecule has 0 spiro atoms. The molecule has 0 heterocycles. The van der Waals surface area contributed by atoms with Crippen molar-refractivity contribution in [2.75, 3.05) is 6.79 Å². The normalized spacial score (nSPS) is 10.3. The van der Waals surface area contributed by atoms with Crippen LogP contribution >= 0.6 is 17.4 Å². The van der Waals surface area contributed by atoms with Gasteiger partial charge in [-0.1, -0.05) is 0 Å². The van der Waals surface area contributed by atoms with Gasteiger partial charge < -0.3 is 0 Å². The van der Waals surface area contributed by atoms with Crippen molar-refractivity contribution in [3.05, 3.63) is 0 Å². The molecule has 0 aliphatic carbocycles. The van der Waals surface area contributed by atoms with E-state index in [1.807, 2.05) is 0 Å². The molecule has 0 fully saturated rings. The van der Waals surface area contributed by atoms with Crippen molar-refractivity contribution in [1.82, 2.24) is 0 Å². The van der Waals surface area contributed by atoms with E-state index in [0.717, 1.165) is 0 Å². The largest absolute Gasteiger partial charge is 0.329 e. The lowest BCUT2D eigenvalue weighted by molar-refractivity contribution is 0.148. The SMILES string of the molecule is O=POCOP=O. The van der Waals surface area contributed by atoms with Gasteiger partial charge >= 0.3 is 17.4 Å². The van der Waals surface area contributed by atoms with Crippen LogP contribution < -0.4 is 0 Å². The Morgan fingerprint density at radius 2 is 1.57 bits per heavy atom. The Balaban J connectivity index is 2.68. The molecule has 0 saturated heterocycles. The third-order valence-electron chi connectivity index (χ3n) is 0.211. The number of rotatable bonds is 4. The molecule has 0 radical (unpaired) electrons. The highest BCUT2D eigenvalue weighted by molar-refractivity contribution is 7.18. The van der Waals surface area contributed by atoms with Gasteiger partial charge in [-0.25, -0.2) is 9.13 Å². The lowest BCUT2D eigenvalue weighted by Gasteiger charge is -1.82. The van der Waals surface area contributed by atoms with Gasteiger partial charge in [-0.05, 0) is 0 Å². The minimum atomic E-state index is -0.464. The summed E-state index contributed by atoms with van der Waals surface area (Å²) in [4.78, 5) is 0. The van der Waals surface area contributed by atoms with E-state index in [1.165, 1.54) is 0 Å². The van der Waals surface area contributed by atoms with Crippen molar-refractivity contribution < 1.29 is 18.2 Å². The quantitative estimate of drug-likeness (QED) is 0.336. The fourth-order valence-electron chi connectivity index (χ4n) is 0.0666. The van der Waals surface area contributed by atoms with Crippen molar-refractivity contribution in [3.8, 4) is 0 Å². The van der Waals surface area contributed by atoms with Gasteiger partial charge in [-0.15, -0.1) is 0 Å². The second-order valence-corrected chi connectivity index (χ2v) is 1.34. The molecular formula is CH2O4P2. The van der Waals surface area contributed by atoms with Crippen LogP contribution in [0, 0.1) is 0 Å². The predicted octanol–water partition coefficient (Wildman–Crippen LogP) is 1.39. The summed E-state index contributed by atoms with van der Waals surface area (Å²) in [6.45, 7) is -0.212. The van der Waals surface area contributed by atoms with E-state index in [9.17, 15) is 9.13 Å². The van der Waals surface area contributed by atoms with Gasteiger partial charge in [-0.2, -0.15) is 0 Å². The van der Waals surface area contributed by atoms with E-state index in [0.29, 0.717) is 0 Å². The van der Waals surface area contributed by atoms with Crippen LogP contribution in [0.2, 0.25) is 0 Å². The lowest BCUT2D eigenvalue weighted by atomic mass is 11.6. The third-order valence-corrected chi connectivity index (χ3v) is 0.632. The third kappa shape index (κ3) is 6.12. The van der Waals surface area contributed by atoms with Crippen molar-refractivity contribution in [2.45, 2.75) is 0 Å². The van der Waals surface area contributed by atoms with E-state index in [2.05, 4.69) is 9.05 Å². The van der Waals surface area contributed by atoms with E-state index >= 15 is 0 Å². The molecule has 0 rings (SSSR count). The van der Waals surface area contributed by atoms with Crippen LogP contribution in [-0.4, -0.2) is 6.79 Å². The van der Waals surface area contributed by atoms with Crippen LogP contribution in [0.1, 0.15) is 0 Å². The highest BCUT2D eigenvalue weighted by atomic mass is 31.1. The van der Waals surface area contributed by atoms with Crippen LogP contribution in [0.5, 0.6) is 0 Å². The van der Waals surface area contributed by atoms with Crippen LogP contribution in [-0.2, 0) is 18.2 Å². The zero-order valence-electron chi connectivity index (χ0n) is 3.23. The second-order valence-electron chi connectivity index (χ2n) is 0.525. The number of hydrogen-bond acceptors (Lipinski definition) is 4. The van der Waals surface area contributed by atoms with E-state index in [4.69, 9.17) is 0 Å². The Morgan fingerprint density at radius 3 is 1.86 bits per heavy atom. The Kier molecular flexibility index (Phi) is 6.22. The summed E-state index contributed by atoms with van der Waals surface area (Å²) in [6.07, 6.45) is 0. The predicted molar refractivity (Wildman–Crippen MR) is 22.2 cm³/mol. The topological polar surface area (TPSA) is 52.6 Å². The molecule has 40 valence electrons. The number of hydrogen-bond donors (Lipinski definition) is 0. The highest BCUT2D eigenvalue weighted by Gasteiger charge is 1.79. The van der Waals surface area contributed by atoms with Crippen LogP contribution in [0.25, 0.3) is 0 Å². The van der Waals surface area contributed by atoms with Crippen LogP contribution in [0.3, 0.4) is 0 Å². The maximum atomic E-state index is 9.37. The Hall–Kier alpha value is 0.120. The van der Waals surface area contributed by atoms with Gasteiger partial charge in [0.05, 0.1) is 0 Å². The smallest absolute Gasteiger partial charge is 0.265 e. The Bertz CT molecular complexity index is 54.7. The second kappa shape index (κ2) is 6.12. The first-order chi connectivity index (χ1) is 3.41. The summed E-state index contributed by atoms with van der Waals surface area (Å²) in [5.41, 5.74) is 0. The Morgan fingerprint density at radius 1 is 1.14 bits per heavy atom. The molecule has 0 atom stereocenters. The first-order valence-electron chi connectivity index (χ1n) is 1.31. The first kappa shape index (κ1) is 7.12. The molecule has 0 saturated carbocycles. The summed E-state index contributed by atoms with van der Waals surface area (Å²) in [5.74, 6) is 0. The van der Waals surface area contributed by atoms with Crippen molar-refractivity contribution in [3.63, 3.8) is 0 Å². The molecule has 6 heteroatoms. The molecule has 0 aromatic heterocycles. The summed E-state index contributed by atoms with van der Waals surface area (Å²) < 4.78 is 26.9. The molecule has 0 amide bonds. The molecule has 7 heavy (non-hydrogen) atoms. The lowest BCUT2D eigenvalue weighted by Crippen LogP contribution is -1.77. The minimum absolute atomic E-state index is 0.212.